The normalized spacial score (nSPS) is 16.7. The van der Waals surface area contributed by atoms with E-state index in [-0.39, 0.29) is 11.9 Å². The molecule has 1 unspecified atom stereocenters. The molecule has 138 valence electrons. The molecule has 0 spiro atoms. The summed E-state index contributed by atoms with van der Waals surface area (Å²) in [4.78, 5) is 29.4. The van der Waals surface area contributed by atoms with Crippen LogP contribution in [0.15, 0.2) is 18.2 Å². The van der Waals surface area contributed by atoms with Crippen LogP contribution in [-0.4, -0.2) is 62.5 Å². The van der Waals surface area contributed by atoms with Gasteiger partial charge in [-0.25, -0.2) is 4.79 Å². The number of benzene rings is 1. The second-order valence-corrected chi connectivity index (χ2v) is 7.16. The van der Waals surface area contributed by atoms with Gasteiger partial charge >= 0.3 is 6.03 Å². The van der Waals surface area contributed by atoms with Gasteiger partial charge in [0.2, 0.25) is 5.91 Å². The lowest BCUT2D eigenvalue weighted by Gasteiger charge is -2.22. The molecule has 1 N–H and O–H groups in total. The van der Waals surface area contributed by atoms with Gasteiger partial charge in [-0.15, -0.1) is 0 Å². The van der Waals surface area contributed by atoms with Crippen LogP contribution in [0.4, 0.5) is 10.5 Å². The molecular weight excluding hydrogens is 316 g/mol. The first-order valence-corrected chi connectivity index (χ1v) is 8.79. The molecule has 6 heteroatoms. The maximum Gasteiger partial charge on any atom is 0.317 e. The Labute approximate surface area is 150 Å². The predicted molar refractivity (Wildman–Crippen MR) is 101 cm³/mol. The van der Waals surface area contributed by atoms with Crippen LogP contribution in [0.5, 0.6) is 0 Å². The van der Waals surface area contributed by atoms with Gasteiger partial charge < -0.3 is 20.0 Å². The number of nitrogens with one attached hydrogen (secondary N) is 1. The van der Waals surface area contributed by atoms with Gasteiger partial charge in [0.05, 0.1) is 0 Å². The molecule has 1 fully saturated rings. The molecule has 0 aliphatic carbocycles. The van der Waals surface area contributed by atoms with Crippen LogP contribution in [0.3, 0.4) is 0 Å². The fourth-order valence-electron chi connectivity index (χ4n) is 3.20. The first kappa shape index (κ1) is 19.1. The molecule has 1 heterocycles. The zero-order valence-corrected chi connectivity index (χ0v) is 16.0. The summed E-state index contributed by atoms with van der Waals surface area (Å²) in [5.41, 5.74) is 3.44. The summed E-state index contributed by atoms with van der Waals surface area (Å²) in [6, 6.07) is 6.18. The third-order valence-electron chi connectivity index (χ3n) is 4.88. The summed E-state index contributed by atoms with van der Waals surface area (Å²) in [6.45, 7) is 6.40. The zero-order valence-electron chi connectivity index (χ0n) is 16.0. The predicted octanol–water partition coefficient (Wildman–Crippen LogP) is 2.07. The smallest absolute Gasteiger partial charge is 0.317 e. The van der Waals surface area contributed by atoms with E-state index in [0.717, 1.165) is 30.8 Å². The molecule has 1 atom stereocenters. The quantitative estimate of drug-likeness (QED) is 0.888. The molecule has 0 bridgehead atoms. The number of carbonyl (C=O) groups excluding carboxylic acids is 2. The third-order valence-corrected chi connectivity index (χ3v) is 4.88. The maximum absolute atomic E-state index is 12.3. The molecule has 1 aromatic rings. The highest BCUT2D eigenvalue weighted by molar-refractivity contribution is 5.74. The molecular formula is C19H30N4O2. The number of hydrogen-bond acceptors (Lipinski definition) is 3. The van der Waals surface area contributed by atoms with Gasteiger partial charge in [-0.3, -0.25) is 4.79 Å². The lowest BCUT2D eigenvalue weighted by atomic mass is 10.1. The molecule has 1 aromatic carbocycles. The highest BCUT2D eigenvalue weighted by Gasteiger charge is 2.26. The standard InChI is InChI=1S/C19H30N4O2/c1-14-10-18(21(3)4)7-6-17(14)11-20-19(25)22(5)12-16-8-9-23(13-16)15(2)24/h6-7,10,16H,8-9,11-13H2,1-5H3,(H,20,25). The molecule has 0 radical (unpaired) electrons. The van der Waals surface area contributed by atoms with Gasteiger partial charge in [0.25, 0.3) is 0 Å². The van der Waals surface area contributed by atoms with E-state index in [9.17, 15) is 9.59 Å². The molecule has 1 aliphatic heterocycles. The molecule has 3 amide bonds. The molecule has 2 rings (SSSR count). The average Bonchev–Trinajstić information content (AvgIpc) is 3.01. The zero-order chi connectivity index (χ0) is 18.6. The van der Waals surface area contributed by atoms with Crippen molar-refractivity contribution >= 4 is 17.6 Å². The Kier molecular flexibility index (Phi) is 6.28. The molecule has 25 heavy (non-hydrogen) atoms. The van der Waals surface area contributed by atoms with Crippen molar-refractivity contribution in [3.63, 3.8) is 0 Å². The fourth-order valence-corrected chi connectivity index (χ4v) is 3.20. The van der Waals surface area contributed by atoms with Crippen molar-refractivity contribution in [1.29, 1.82) is 0 Å². The first-order chi connectivity index (χ1) is 11.8. The minimum Gasteiger partial charge on any atom is -0.378 e. The summed E-state index contributed by atoms with van der Waals surface area (Å²) in [5, 5.41) is 2.99. The topological polar surface area (TPSA) is 55.9 Å². The Bertz CT molecular complexity index is 630. The van der Waals surface area contributed by atoms with Crippen molar-refractivity contribution < 1.29 is 9.59 Å². The Morgan fingerprint density at radius 3 is 2.56 bits per heavy atom. The number of amides is 3. The molecule has 0 saturated carbocycles. The van der Waals surface area contributed by atoms with Gasteiger partial charge in [0.1, 0.15) is 0 Å². The fraction of sp³-hybridized carbons (Fsp3) is 0.579. The van der Waals surface area contributed by atoms with Crippen LogP contribution >= 0.6 is 0 Å². The Morgan fingerprint density at radius 2 is 2.00 bits per heavy atom. The maximum atomic E-state index is 12.3. The highest BCUT2D eigenvalue weighted by atomic mass is 16.2. The van der Waals surface area contributed by atoms with Crippen molar-refractivity contribution in [2.45, 2.75) is 26.8 Å². The van der Waals surface area contributed by atoms with E-state index in [2.05, 4.69) is 35.3 Å². The Hall–Kier alpha value is -2.24. The second kappa shape index (κ2) is 8.23. The van der Waals surface area contributed by atoms with Crippen LogP contribution in [0.25, 0.3) is 0 Å². The van der Waals surface area contributed by atoms with Crippen molar-refractivity contribution in [2.24, 2.45) is 5.92 Å². The summed E-state index contributed by atoms with van der Waals surface area (Å²) >= 11 is 0. The second-order valence-electron chi connectivity index (χ2n) is 7.16. The van der Waals surface area contributed by atoms with Crippen molar-refractivity contribution in [2.75, 3.05) is 45.7 Å². The van der Waals surface area contributed by atoms with Gasteiger partial charge in [0.15, 0.2) is 0 Å². The van der Waals surface area contributed by atoms with Crippen LogP contribution < -0.4 is 10.2 Å². The van der Waals surface area contributed by atoms with E-state index in [1.165, 1.54) is 5.56 Å². The number of rotatable bonds is 5. The molecule has 1 saturated heterocycles. The van der Waals surface area contributed by atoms with E-state index in [1.807, 2.05) is 26.0 Å². The van der Waals surface area contributed by atoms with E-state index >= 15 is 0 Å². The molecule has 1 aliphatic rings. The number of anilines is 1. The largest absolute Gasteiger partial charge is 0.378 e. The minimum absolute atomic E-state index is 0.0719. The van der Waals surface area contributed by atoms with E-state index in [0.29, 0.717) is 19.0 Å². The lowest BCUT2D eigenvalue weighted by molar-refractivity contribution is -0.127. The van der Waals surface area contributed by atoms with Crippen LogP contribution in [0.1, 0.15) is 24.5 Å². The van der Waals surface area contributed by atoms with Gasteiger partial charge in [-0.1, -0.05) is 6.07 Å². The monoisotopic (exact) mass is 346 g/mol. The number of carbonyl (C=O) groups is 2. The van der Waals surface area contributed by atoms with Crippen LogP contribution in [-0.2, 0) is 11.3 Å². The Balaban J connectivity index is 1.83. The summed E-state index contributed by atoms with van der Waals surface area (Å²) < 4.78 is 0. The highest BCUT2D eigenvalue weighted by Crippen LogP contribution is 2.18. The van der Waals surface area contributed by atoms with Gasteiger partial charge in [-0.05, 0) is 42.5 Å². The SMILES string of the molecule is CC(=O)N1CCC(CN(C)C(=O)NCc2ccc(N(C)C)cc2C)C1. The number of aryl methyl sites for hydroxylation is 1. The number of nitrogens with zero attached hydrogens (tertiary/aromatic N) is 3. The van der Waals surface area contributed by atoms with Crippen LogP contribution in [0.2, 0.25) is 0 Å². The number of likely N-dealkylation sites (tertiary alicyclic amines) is 1. The van der Waals surface area contributed by atoms with Crippen molar-refractivity contribution in [1.82, 2.24) is 15.1 Å². The number of hydrogen-bond donors (Lipinski definition) is 1. The summed E-state index contributed by atoms with van der Waals surface area (Å²) in [7, 11) is 5.84. The average molecular weight is 346 g/mol. The van der Waals surface area contributed by atoms with E-state index < -0.39 is 0 Å². The Morgan fingerprint density at radius 1 is 1.28 bits per heavy atom. The molecule has 0 aromatic heterocycles. The minimum atomic E-state index is -0.0719. The number of urea groups is 1. The first-order valence-electron chi connectivity index (χ1n) is 8.79. The van der Waals surface area contributed by atoms with Crippen molar-refractivity contribution in [3.05, 3.63) is 29.3 Å². The van der Waals surface area contributed by atoms with E-state index in [4.69, 9.17) is 0 Å². The van der Waals surface area contributed by atoms with Gasteiger partial charge in [-0.2, -0.15) is 0 Å². The third kappa shape index (κ3) is 5.11. The van der Waals surface area contributed by atoms with Crippen LogP contribution in [0, 0.1) is 12.8 Å². The lowest BCUT2D eigenvalue weighted by Crippen LogP contribution is -2.40. The van der Waals surface area contributed by atoms with E-state index in [1.54, 1.807) is 11.8 Å². The van der Waals surface area contributed by atoms with Gasteiger partial charge in [0, 0.05) is 59.9 Å². The summed E-state index contributed by atoms with van der Waals surface area (Å²) in [5.74, 6) is 0.479. The summed E-state index contributed by atoms with van der Waals surface area (Å²) in [6.07, 6.45) is 0.961. The molecule has 6 nitrogen and oxygen atoms in total. The van der Waals surface area contributed by atoms with Crippen molar-refractivity contribution in [3.8, 4) is 0 Å².